The third-order valence-electron chi connectivity index (χ3n) is 2.64. The van der Waals surface area contributed by atoms with Crippen molar-refractivity contribution in [1.29, 1.82) is 0 Å². The van der Waals surface area contributed by atoms with E-state index >= 15 is 0 Å². The van der Waals surface area contributed by atoms with Crippen LogP contribution >= 0.6 is 36.2 Å². The van der Waals surface area contributed by atoms with Crippen LogP contribution in [0.5, 0.6) is 0 Å². The molecule has 116 valence electrons. The Hall–Kier alpha value is -1.62. The summed E-state index contributed by atoms with van der Waals surface area (Å²) in [6.07, 6.45) is 0. The molecule has 0 saturated heterocycles. The predicted octanol–water partition coefficient (Wildman–Crippen LogP) is 6.67. The second kappa shape index (κ2) is 10.2. The van der Waals surface area contributed by atoms with Crippen LogP contribution in [-0.4, -0.2) is 4.45 Å². The zero-order valence-corrected chi connectivity index (χ0v) is 14.9. The van der Waals surface area contributed by atoms with Gasteiger partial charge in [0.15, 0.2) is 0 Å². The highest BCUT2D eigenvalue weighted by Crippen LogP contribution is 2.30. The summed E-state index contributed by atoms with van der Waals surface area (Å²) in [5, 5.41) is 0. The van der Waals surface area contributed by atoms with Crippen LogP contribution in [0.3, 0.4) is 0 Å². The molecule has 0 fully saturated rings. The van der Waals surface area contributed by atoms with E-state index in [1.165, 1.54) is 23.5 Å². The van der Waals surface area contributed by atoms with Crippen molar-refractivity contribution in [3.8, 4) is 0 Å². The maximum Gasteiger partial charge on any atom is 0.255 e. The molecule has 0 unspecified atom stereocenters. The molecule has 0 saturated carbocycles. The van der Waals surface area contributed by atoms with Crippen LogP contribution in [-0.2, 0) is 0 Å². The van der Waals surface area contributed by atoms with Crippen LogP contribution in [0, 0.1) is 0 Å². The average molecular weight is 357 g/mol. The summed E-state index contributed by atoms with van der Waals surface area (Å²) < 4.78 is 0.0948. The number of carbonyl (C=O) groups excluding carboxylic acids is 1. The lowest BCUT2D eigenvalue weighted by molar-refractivity contribution is 0.276. The minimum atomic E-state index is 0.0948. The molecule has 0 aliphatic heterocycles. The summed E-state index contributed by atoms with van der Waals surface area (Å²) in [4.78, 5) is 14.7. The normalized spacial score (nSPS) is 9.61. The molecule has 0 amide bonds. The fraction of sp³-hybridized carbons (Fsp3) is 0. The Labute approximate surface area is 150 Å². The first-order valence-corrected chi connectivity index (χ1v) is 9.06. The Morgan fingerprint density at radius 1 is 0.609 bits per heavy atom. The molecule has 0 bridgehead atoms. The van der Waals surface area contributed by atoms with Crippen LogP contribution < -0.4 is 0 Å². The van der Waals surface area contributed by atoms with Gasteiger partial charge >= 0.3 is 0 Å². The van der Waals surface area contributed by atoms with Gasteiger partial charge in [-0.25, -0.2) is 0 Å². The largest absolute Gasteiger partial charge is 0.274 e. The SMILES string of the molecule is O=C(Sc1ccccc1)Sc1ccccc1.Sc1ccccc1. The van der Waals surface area contributed by atoms with Crippen LogP contribution in [0.15, 0.2) is 106 Å². The Morgan fingerprint density at radius 2 is 0.957 bits per heavy atom. The molecular weight excluding hydrogens is 340 g/mol. The molecule has 0 radical (unpaired) electrons. The van der Waals surface area contributed by atoms with Gasteiger partial charge in [-0.2, -0.15) is 0 Å². The summed E-state index contributed by atoms with van der Waals surface area (Å²) in [6.45, 7) is 0. The van der Waals surface area contributed by atoms with Crippen LogP contribution in [0.1, 0.15) is 0 Å². The van der Waals surface area contributed by atoms with Gasteiger partial charge in [-0.05, 0) is 59.9 Å². The van der Waals surface area contributed by atoms with Crippen molar-refractivity contribution < 1.29 is 4.79 Å². The Bertz CT molecular complexity index is 657. The third-order valence-corrected chi connectivity index (χ3v) is 4.79. The quantitative estimate of drug-likeness (QED) is 0.408. The fourth-order valence-corrected chi connectivity index (χ4v) is 3.51. The van der Waals surface area contributed by atoms with E-state index in [0.717, 1.165) is 14.7 Å². The molecule has 0 aromatic heterocycles. The van der Waals surface area contributed by atoms with Gasteiger partial charge in [0.05, 0.1) is 0 Å². The van der Waals surface area contributed by atoms with E-state index in [-0.39, 0.29) is 4.45 Å². The van der Waals surface area contributed by atoms with Gasteiger partial charge in [0, 0.05) is 14.7 Å². The first-order valence-electron chi connectivity index (χ1n) is 6.98. The molecule has 0 aliphatic rings. The summed E-state index contributed by atoms with van der Waals surface area (Å²) in [7, 11) is 0. The summed E-state index contributed by atoms with van der Waals surface area (Å²) >= 11 is 6.61. The lowest BCUT2D eigenvalue weighted by Gasteiger charge is -1.99. The Kier molecular flexibility index (Phi) is 7.87. The maximum absolute atomic E-state index is 11.7. The molecule has 0 N–H and O–H groups in total. The number of hydrogen-bond donors (Lipinski definition) is 1. The molecule has 4 heteroatoms. The lowest BCUT2D eigenvalue weighted by atomic mass is 10.4. The summed E-state index contributed by atoms with van der Waals surface area (Å²) in [5.74, 6) is 0. The van der Waals surface area contributed by atoms with E-state index in [0.29, 0.717) is 0 Å². The van der Waals surface area contributed by atoms with Crippen LogP contribution in [0.25, 0.3) is 0 Å². The topological polar surface area (TPSA) is 17.1 Å². The molecule has 3 rings (SSSR count). The molecule has 0 spiro atoms. The second-order valence-electron chi connectivity index (χ2n) is 4.42. The highest BCUT2D eigenvalue weighted by Gasteiger charge is 2.06. The van der Waals surface area contributed by atoms with Crippen molar-refractivity contribution in [2.45, 2.75) is 14.7 Å². The van der Waals surface area contributed by atoms with Gasteiger partial charge in [0.2, 0.25) is 0 Å². The molecule has 3 aromatic rings. The van der Waals surface area contributed by atoms with Crippen molar-refractivity contribution in [2.24, 2.45) is 0 Å². The Balaban J connectivity index is 0.000000229. The van der Waals surface area contributed by atoms with Gasteiger partial charge in [0.1, 0.15) is 0 Å². The monoisotopic (exact) mass is 356 g/mol. The Morgan fingerprint density at radius 3 is 1.26 bits per heavy atom. The van der Waals surface area contributed by atoms with E-state index in [1.54, 1.807) is 0 Å². The van der Waals surface area contributed by atoms with Crippen molar-refractivity contribution in [3.05, 3.63) is 91.0 Å². The minimum absolute atomic E-state index is 0.0948. The zero-order chi connectivity index (χ0) is 16.3. The van der Waals surface area contributed by atoms with Gasteiger partial charge in [-0.1, -0.05) is 54.6 Å². The van der Waals surface area contributed by atoms with Gasteiger partial charge in [-0.15, -0.1) is 12.6 Å². The summed E-state index contributed by atoms with van der Waals surface area (Å²) in [6, 6.07) is 29.2. The molecular formula is C19H16OS3. The van der Waals surface area contributed by atoms with E-state index in [4.69, 9.17) is 0 Å². The first kappa shape index (κ1) is 17.7. The van der Waals surface area contributed by atoms with Crippen molar-refractivity contribution in [2.75, 3.05) is 0 Å². The minimum Gasteiger partial charge on any atom is -0.274 e. The molecule has 0 heterocycles. The van der Waals surface area contributed by atoms with Crippen molar-refractivity contribution in [1.82, 2.24) is 0 Å². The molecule has 23 heavy (non-hydrogen) atoms. The highest BCUT2D eigenvalue weighted by molar-refractivity contribution is 8.38. The van der Waals surface area contributed by atoms with E-state index in [1.807, 2.05) is 91.0 Å². The van der Waals surface area contributed by atoms with Crippen LogP contribution in [0.2, 0.25) is 0 Å². The number of thioether (sulfide) groups is 2. The zero-order valence-electron chi connectivity index (χ0n) is 12.3. The van der Waals surface area contributed by atoms with Gasteiger partial charge in [-0.3, -0.25) is 4.79 Å². The lowest BCUT2D eigenvalue weighted by Crippen LogP contribution is -1.81. The van der Waals surface area contributed by atoms with Crippen molar-refractivity contribution in [3.63, 3.8) is 0 Å². The van der Waals surface area contributed by atoms with E-state index in [9.17, 15) is 4.79 Å². The molecule has 0 aliphatic carbocycles. The number of hydrogen-bond acceptors (Lipinski definition) is 4. The smallest absolute Gasteiger partial charge is 0.255 e. The number of carbonyl (C=O) groups is 1. The van der Waals surface area contributed by atoms with Gasteiger partial charge in [0.25, 0.3) is 4.45 Å². The summed E-state index contributed by atoms with van der Waals surface area (Å²) in [5.41, 5.74) is 0. The maximum atomic E-state index is 11.7. The standard InChI is InChI=1S/C13H10OS2.C6H6S/c14-13(15-11-7-3-1-4-8-11)16-12-9-5-2-6-10-12;7-6-4-2-1-3-5-6/h1-10H;1-5,7H. The second-order valence-corrected chi connectivity index (χ2v) is 7.28. The highest BCUT2D eigenvalue weighted by atomic mass is 32.2. The number of benzene rings is 3. The molecule has 0 atom stereocenters. The van der Waals surface area contributed by atoms with Crippen LogP contribution in [0.4, 0.5) is 4.79 Å². The average Bonchev–Trinajstić information content (AvgIpc) is 2.58. The number of rotatable bonds is 2. The molecule has 1 nitrogen and oxygen atoms in total. The van der Waals surface area contributed by atoms with E-state index in [2.05, 4.69) is 12.6 Å². The van der Waals surface area contributed by atoms with E-state index < -0.39 is 0 Å². The predicted molar refractivity (Wildman–Crippen MR) is 104 cm³/mol. The first-order chi connectivity index (χ1) is 11.2. The van der Waals surface area contributed by atoms with Crippen molar-refractivity contribution >= 4 is 40.6 Å². The molecule has 3 aromatic carbocycles. The fourth-order valence-electron chi connectivity index (χ4n) is 1.62. The van der Waals surface area contributed by atoms with Gasteiger partial charge < -0.3 is 0 Å². The number of thiol groups is 1. The third kappa shape index (κ3) is 7.46.